The molecule has 1 aliphatic rings. The fraction of sp³-hybridized carbons (Fsp3) is 0.571. The quantitative estimate of drug-likeness (QED) is 0.793. The fourth-order valence-corrected chi connectivity index (χ4v) is 2.20. The van der Waals surface area contributed by atoms with Gasteiger partial charge in [0.25, 0.3) is 0 Å². The molecular formula is C14H21N. The third-order valence-electron chi connectivity index (χ3n) is 3.79. The molecule has 0 bridgehead atoms. The number of rotatable bonds is 4. The van der Waals surface area contributed by atoms with E-state index in [1.54, 1.807) is 0 Å². The second-order valence-corrected chi connectivity index (χ2v) is 5.19. The van der Waals surface area contributed by atoms with Crippen molar-refractivity contribution in [1.82, 2.24) is 5.32 Å². The van der Waals surface area contributed by atoms with E-state index in [2.05, 4.69) is 50.5 Å². The highest BCUT2D eigenvalue weighted by Crippen LogP contribution is 2.48. The van der Waals surface area contributed by atoms with E-state index in [9.17, 15) is 0 Å². The van der Waals surface area contributed by atoms with Crippen molar-refractivity contribution in [1.29, 1.82) is 0 Å². The minimum Gasteiger partial charge on any atom is -0.316 e. The lowest BCUT2D eigenvalue weighted by atomic mass is 9.92. The van der Waals surface area contributed by atoms with Gasteiger partial charge in [-0.2, -0.15) is 0 Å². The molecule has 1 unspecified atom stereocenters. The smallest absolute Gasteiger partial charge is 0.0158 e. The average molecular weight is 203 g/mol. The molecule has 1 aromatic carbocycles. The Kier molecular flexibility index (Phi) is 2.83. The van der Waals surface area contributed by atoms with Crippen LogP contribution in [0.15, 0.2) is 24.3 Å². The van der Waals surface area contributed by atoms with E-state index in [4.69, 9.17) is 0 Å². The van der Waals surface area contributed by atoms with Gasteiger partial charge in [0.15, 0.2) is 0 Å². The van der Waals surface area contributed by atoms with Crippen molar-refractivity contribution in [2.75, 3.05) is 7.05 Å². The molecule has 0 aliphatic heterocycles. The third kappa shape index (κ3) is 2.40. The molecule has 1 fully saturated rings. The molecule has 1 saturated carbocycles. The molecule has 82 valence electrons. The van der Waals surface area contributed by atoms with Gasteiger partial charge in [0.1, 0.15) is 0 Å². The third-order valence-corrected chi connectivity index (χ3v) is 3.79. The van der Waals surface area contributed by atoms with E-state index in [1.807, 2.05) is 0 Å². The fourth-order valence-electron chi connectivity index (χ4n) is 2.20. The van der Waals surface area contributed by atoms with E-state index in [0.717, 1.165) is 6.42 Å². The molecule has 1 aromatic rings. The monoisotopic (exact) mass is 203 g/mol. The van der Waals surface area contributed by atoms with Crippen LogP contribution in [0, 0.1) is 12.3 Å². The highest BCUT2D eigenvalue weighted by molar-refractivity contribution is 5.23. The predicted octanol–water partition coefficient (Wildman–Crippen LogP) is 2.93. The van der Waals surface area contributed by atoms with Crippen LogP contribution in [0.5, 0.6) is 0 Å². The van der Waals surface area contributed by atoms with Gasteiger partial charge < -0.3 is 5.32 Å². The Morgan fingerprint density at radius 2 is 1.87 bits per heavy atom. The zero-order valence-corrected chi connectivity index (χ0v) is 10.0. The van der Waals surface area contributed by atoms with Gasteiger partial charge in [-0.25, -0.2) is 0 Å². The van der Waals surface area contributed by atoms with E-state index < -0.39 is 0 Å². The lowest BCUT2D eigenvalue weighted by Crippen LogP contribution is -2.35. The normalized spacial score (nSPS) is 19.9. The number of hydrogen-bond donors (Lipinski definition) is 1. The zero-order valence-electron chi connectivity index (χ0n) is 10.0. The maximum atomic E-state index is 3.47. The van der Waals surface area contributed by atoms with Crippen LogP contribution in [0.1, 0.15) is 30.9 Å². The highest BCUT2D eigenvalue weighted by atomic mass is 14.9. The predicted molar refractivity (Wildman–Crippen MR) is 65.1 cm³/mol. The van der Waals surface area contributed by atoms with Crippen LogP contribution in [0.4, 0.5) is 0 Å². The SMILES string of the molecule is CNC(Cc1ccc(C)cc1)C1(C)CC1. The summed E-state index contributed by atoms with van der Waals surface area (Å²) in [5, 5.41) is 3.47. The number of hydrogen-bond acceptors (Lipinski definition) is 1. The first-order valence-corrected chi connectivity index (χ1v) is 5.87. The number of aryl methyl sites for hydroxylation is 1. The first-order valence-electron chi connectivity index (χ1n) is 5.87. The molecule has 1 heteroatoms. The van der Waals surface area contributed by atoms with Gasteiger partial charge in [0.05, 0.1) is 0 Å². The summed E-state index contributed by atoms with van der Waals surface area (Å²) in [5.74, 6) is 0. The van der Waals surface area contributed by atoms with Gasteiger partial charge in [0.2, 0.25) is 0 Å². The number of nitrogens with one attached hydrogen (secondary N) is 1. The summed E-state index contributed by atoms with van der Waals surface area (Å²) in [6.45, 7) is 4.53. The second kappa shape index (κ2) is 3.97. The molecule has 0 spiro atoms. The van der Waals surface area contributed by atoms with Gasteiger partial charge >= 0.3 is 0 Å². The Morgan fingerprint density at radius 3 is 2.33 bits per heavy atom. The highest BCUT2D eigenvalue weighted by Gasteiger charge is 2.43. The average Bonchev–Trinajstić information content (AvgIpc) is 2.96. The van der Waals surface area contributed by atoms with Gasteiger partial charge in [-0.1, -0.05) is 36.8 Å². The van der Waals surface area contributed by atoms with Crippen LogP contribution < -0.4 is 5.32 Å². The molecule has 0 amide bonds. The van der Waals surface area contributed by atoms with Gasteiger partial charge in [-0.05, 0) is 44.2 Å². The topological polar surface area (TPSA) is 12.0 Å². The van der Waals surface area contributed by atoms with Gasteiger partial charge in [0, 0.05) is 6.04 Å². The second-order valence-electron chi connectivity index (χ2n) is 5.19. The molecule has 1 N–H and O–H groups in total. The molecule has 1 aliphatic carbocycles. The standard InChI is InChI=1S/C14H21N/c1-11-4-6-12(7-5-11)10-13(15-3)14(2)8-9-14/h4-7,13,15H,8-10H2,1-3H3. The molecule has 1 atom stereocenters. The zero-order chi connectivity index (χ0) is 10.9. The maximum absolute atomic E-state index is 3.47. The molecule has 0 radical (unpaired) electrons. The van der Waals surface area contributed by atoms with Crippen molar-refractivity contribution in [2.45, 2.75) is 39.2 Å². The first kappa shape index (κ1) is 10.7. The van der Waals surface area contributed by atoms with E-state index >= 15 is 0 Å². The Bertz CT molecular complexity index is 322. The lowest BCUT2D eigenvalue weighted by molar-refractivity contribution is 0.376. The summed E-state index contributed by atoms with van der Waals surface area (Å²) in [6.07, 6.45) is 3.92. The summed E-state index contributed by atoms with van der Waals surface area (Å²) >= 11 is 0. The van der Waals surface area contributed by atoms with Crippen molar-refractivity contribution >= 4 is 0 Å². The Balaban J connectivity index is 2.03. The van der Waals surface area contributed by atoms with Crippen molar-refractivity contribution in [2.24, 2.45) is 5.41 Å². The molecule has 1 nitrogen and oxygen atoms in total. The van der Waals surface area contributed by atoms with Crippen LogP contribution in [0.2, 0.25) is 0 Å². The minimum absolute atomic E-state index is 0.555. The molecule has 0 aromatic heterocycles. The Hall–Kier alpha value is -0.820. The van der Waals surface area contributed by atoms with Crippen molar-refractivity contribution in [3.63, 3.8) is 0 Å². The summed E-state index contributed by atoms with van der Waals surface area (Å²) in [6, 6.07) is 9.56. The van der Waals surface area contributed by atoms with Gasteiger partial charge in [-0.3, -0.25) is 0 Å². The summed E-state index contributed by atoms with van der Waals surface area (Å²) in [5.41, 5.74) is 3.35. The summed E-state index contributed by atoms with van der Waals surface area (Å²) < 4.78 is 0. The first-order chi connectivity index (χ1) is 7.14. The molecule has 0 heterocycles. The Labute approximate surface area is 92.9 Å². The Morgan fingerprint density at radius 1 is 1.27 bits per heavy atom. The van der Waals surface area contributed by atoms with Crippen molar-refractivity contribution < 1.29 is 0 Å². The molecule has 2 rings (SSSR count). The van der Waals surface area contributed by atoms with Crippen LogP contribution >= 0.6 is 0 Å². The van der Waals surface area contributed by atoms with Crippen LogP contribution in [-0.4, -0.2) is 13.1 Å². The van der Waals surface area contributed by atoms with Crippen LogP contribution in [-0.2, 0) is 6.42 Å². The van der Waals surface area contributed by atoms with E-state index in [1.165, 1.54) is 24.0 Å². The van der Waals surface area contributed by atoms with Crippen molar-refractivity contribution in [3.05, 3.63) is 35.4 Å². The summed E-state index contributed by atoms with van der Waals surface area (Å²) in [7, 11) is 2.09. The summed E-state index contributed by atoms with van der Waals surface area (Å²) in [4.78, 5) is 0. The largest absolute Gasteiger partial charge is 0.316 e. The van der Waals surface area contributed by atoms with Crippen LogP contribution in [0.25, 0.3) is 0 Å². The van der Waals surface area contributed by atoms with Crippen molar-refractivity contribution in [3.8, 4) is 0 Å². The number of benzene rings is 1. The van der Waals surface area contributed by atoms with E-state index in [-0.39, 0.29) is 0 Å². The van der Waals surface area contributed by atoms with Gasteiger partial charge in [-0.15, -0.1) is 0 Å². The minimum atomic E-state index is 0.555. The number of likely N-dealkylation sites (N-methyl/N-ethyl adjacent to an activating group) is 1. The lowest BCUT2D eigenvalue weighted by Gasteiger charge is -2.23. The molecule has 0 saturated heterocycles. The molecular weight excluding hydrogens is 182 g/mol. The molecule has 15 heavy (non-hydrogen) atoms. The van der Waals surface area contributed by atoms with E-state index in [0.29, 0.717) is 11.5 Å². The maximum Gasteiger partial charge on any atom is 0.0158 e. The van der Waals surface area contributed by atoms with Crippen LogP contribution in [0.3, 0.4) is 0 Å².